The zero-order valence-electron chi connectivity index (χ0n) is 22.5. The van der Waals surface area contributed by atoms with Crippen molar-refractivity contribution in [1.82, 2.24) is 0 Å². The average molecular weight is 522 g/mol. The van der Waals surface area contributed by atoms with Crippen LogP contribution in [-0.4, -0.2) is 0 Å². The first-order valence-corrected chi connectivity index (χ1v) is 14.1. The molecule has 0 spiro atoms. The largest absolute Gasteiger partial charge is 0.310 e. The Morgan fingerprint density at radius 2 is 0.878 bits per heavy atom. The van der Waals surface area contributed by atoms with Gasteiger partial charge < -0.3 is 4.90 Å². The highest BCUT2D eigenvalue weighted by Gasteiger charge is 2.18. The van der Waals surface area contributed by atoms with Gasteiger partial charge in [0.05, 0.1) is 5.69 Å². The maximum Gasteiger partial charge on any atom is 0.0546 e. The highest BCUT2D eigenvalue weighted by Crippen LogP contribution is 2.44. The van der Waals surface area contributed by atoms with E-state index in [4.69, 9.17) is 0 Å². The highest BCUT2D eigenvalue weighted by molar-refractivity contribution is 6.23. The normalized spacial score (nSPS) is 11.4. The van der Waals surface area contributed by atoms with E-state index in [0.29, 0.717) is 0 Å². The molecule has 0 aliphatic carbocycles. The minimum atomic E-state index is 1.13. The van der Waals surface area contributed by atoms with Crippen LogP contribution in [0.2, 0.25) is 0 Å². The Hall–Kier alpha value is -5.40. The molecule has 0 aliphatic rings. The molecule has 1 heteroatoms. The Kier molecular flexibility index (Phi) is 5.53. The van der Waals surface area contributed by atoms with Crippen molar-refractivity contribution >= 4 is 60.2 Å². The van der Waals surface area contributed by atoms with Gasteiger partial charge in [-0.3, -0.25) is 0 Å². The summed E-state index contributed by atoms with van der Waals surface area (Å²) in [5.41, 5.74) is 5.87. The van der Waals surface area contributed by atoms with Gasteiger partial charge in [0.1, 0.15) is 0 Å². The molecule has 0 saturated heterocycles. The van der Waals surface area contributed by atoms with Crippen LogP contribution in [0, 0.1) is 0 Å². The van der Waals surface area contributed by atoms with Crippen molar-refractivity contribution < 1.29 is 0 Å². The molecule has 0 amide bonds. The molecular formula is C40H27N. The summed E-state index contributed by atoms with van der Waals surface area (Å²) in [7, 11) is 0. The quantitative estimate of drug-likeness (QED) is 0.208. The fraction of sp³-hybridized carbons (Fsp3) is 0. The van der Waals surface area contributed by atoms with Crippen LogP contribution in [0.5, 0.6) is 0 Å². The lowest BCUT2D eigenvalue weighted by Crippen LogP contribution is -2.10. The van der Waals surface area contributed by atoms with E-state index in [0.717, 1.165) is 11.4 Å². The molecule has 0 aromatic heterocycles. The molecule has 0 bridgehead atoms. The molecule has 0 atom stereocenters. The summed E-state index contributed by atoms with van der Waals surface area (Å²) < 4.78 is 0. The Bertz CT molecular complexity index is 2190. The average Bonchev–Trinajstić information content (AvgIpc) is 3.05. The first-order chi connectivity index (χ1) is 20.3. The van der Waals surface area contributed by atoms with Gasteiger partial charge in [-0.05, 0) is 79.2 Å². The molecule has 0 radical (unpaired) electrons. The van der Waals surface area contributed by atoms with Gasteiger partial charge in [0, 0.05) is 16.8 Å². The molecule has 0 heterocycles. The van der Waals surface area contributed by atoms with Gasteiger partial charge in [-0.1, -0.05) is 133 Å². The summed E-state index contributed by atoms with van der Waals surface area (Å²) in [4.78, 5) is 2.41. The smallest absolute Gasteiger partial charge is 0.0546 e. The monoisotopic (exact) mass is 521 g/mol. The number of hydrogen-bond donors (Lipinski definition) is 0. The number of nitrogens with zero attached hydrogens (tertiary/aromatic N) is 1. The molecule has 41 heavy (non-hydrogen) atoms. The third kappa shape index (κ3) is 4.02. The van der Waals surface area contributed by atoms with Crippen LogP contribution in [0.1, 0.15) is 0 Å². The maximum atomic E-state index is 2.41. The second-order valence-corrected chi connectivity index (χ2v) is 10.6. The van der Waals surface area contributed by atoms with Crippen LogP contribution in [0.25, 0.3) is 54.2 Å². The summed E-state index contributed by atoms with van der Waals surface area (Å²) in [5.74, 6) is 0. The van der Waals surface area contributed by atoms with Crippen LogP contribution in [0.4, 0.5) is 17.1 Å². The predicted octanol–water partition coefficient (Wildman–Crippen LogP) is 11.4. The van der Waals surface area contributed by atoms with E-state index in [1.807, 2.05) is 0 Å². The number of hydrogen-bond acceptors (Lipinski definition) is 1. The molecule has 0 fully saturated rings. The first-order valence-electron chi connectivity index (χ1n) is 14.1. The van der Waals surface area contributed by atoms with Gasteiger partial charge in [0.15, 0.2) is 0 Å². The van der Waals surface area contributed by atoms with E-state index < -0.39 is 0 Å². The minimum Gasteiger partial charge on any atom is -0.310 e. The minimum absolute atomic E-state index is 1.13. The Morgan fingerprint density at radius 3 is 1.68 bits per heavy atom. The fourth-order valence-electron chi connectivity index (χ4n) is 6.22. The molecule has 1 nitrogen and oxygen atoms in total. The number of fused-ring (bicyclic) bond motifs is 6. The third-order valence-electron chi connectivity index (χ3n) is 8.19. The molecule has 8 aromatic rings. The van der Waals surface area contributed by atoms with Gasteiger partial charge in [-0.25, -0.2) is 0 Å². The second kappa shape index (κ2) is 9.66. The van der Waals surface area contributed by atoms with Crippen molar-refractivity contribution in [3.05, 3.63) is 164 Å². The molecular weight excluding hydrogens is 494 g/mol. The Labute approximate surface area is 239 Å². The lowest BCUT2D eigenvalue weighted by molar-refractivity contribution is 1.31. The van der Waals surface area contributed by atoms with Crippen LogP contribution < -0.4 is 4.90 Å². The highest BCUT2D eigenvalue weighted by atomic mass is 15.1. The fourth-order valence-corrected chi connectivity index (χ4v) is 6.22. The van der Waals surface area contributed by atoms with Crippen molar-refractivity contribution in [2.45, 2.75) is 0 Å². The zero-order chi connectivity index (χ0) is 27.2. The van der Waals surface area contributed by atoms with Gasteiger partial charge in [0.25, 0.3) is 0 Å². The van der Waals surface area contributed by atoms with Gasteiger partial charge >= 0.3 is 0 Å². The summed E-state index contributed by atoms with van der Waals surface area (Å²) in [5, 5.41) is 10.1. The number of anilines is 3. The van der Waals surface area contributed by atoms with Crippen molar-refractivity contribution in [2.24, 2.45) is 0 Å². The molecule has 0 N–H and O–H groups in total. The van der Waals surface area contributed by atoms with E-state index in [1.54, 1.807) is 0 Å². The van der Waals surface area contributed by atoms with Crippen molar-refractivity contribution in [3.8, 4) is 11.1 Å². The lowest BCUT2D eigenvalue weighted by atomic mass is 9.94. The predicted molar refractivity (Wildman–Crippen MR) is 177 cm³/mol. The van der Waals surface area contributed by atoms with Crippen LogP contribution in [0.15, 0.2) is 164 Å². The lowest BCUT2D eigenvalue weighted by Gasteiger charge is -2.28. The molecule has 192 valence electrons. The van der Waals surface area contributed by atoms with Crippen molar-refractivity contribution in [3.63, 3.8) is 0 Å². The van der Waals surface area contributed by atoms with Crippen molar-refractivity contribution in [1.29, 1.82) is 0 Å². The van der Waals surface area contributed by atoms with Gasteiger partial charge in [-0.2, -0.15) is 0 Å². The Morgan fingerprint density at radius 1 is 0.317 bits per heavy atom. The zero-order valence-corrected chi connectivity index (χ0v) is 22.5. The summed E-state index contributed by atoms with van der Waals surface area (Å²) in [6.45, 7) is 0. The topological polar surface area (TPSA) is 3.24 Å². The van der Waals surface area contributed by atoms with Crippen LogP contribution >= 0.6 is 0 Å². The molecule has 8 rings (SSSR count). The second-order valence-electron chi connectivity index (χ2n) is 10.6. The van der Waals surface area contributed by atoms with Gasteiger partial charge in [-0.15, -0.1) is 0 Å². The summed E-state index contributed by atoms with van der Waals surface area (Å²) in [6.07, 6.45) is 0. The number of rotatable bonds is 4. The summed E-state index contributed by atoms with van der Waals surface area (Å²) >= 11 is 0. The molecule has 0 aliphatic heterocycles. The number of benzene rings is 8. The van der Waals surface area contributed by atoms with Crippen LogP contribution in [-0.2, 0) is 0 Å². The first kappa shape index (κ1) is 23.5. The SMILES string of the molecule is c1ccc(-c2ccc(N(c3ccc4ccccc4c3)c3cc4ccc5ccccc5c4c4ccccc34)cc2)cc1. The summed E-state index contributed by atoms with van der Waals surface area (Å²) in [6, 6.07) is 59.3. The van der Waals surface area contributed by atoms with Crippen LogP contribution in [0.3, 0.4) is 0 Å². The van der Waals surface area contributed by atoms with Crippen molar-refractivity contribution in [2.75, 3.05) is 4.90 Å². The molecule has 0 unspecified atom stereocenters. The van der Waals surface area contributed by atoms with E-state index in [-0.39, 0.29) is 0 Å². The Balaban J connectivity index is 1.41. The van der Waals surface area contributed by atoms with E-state index in [2.05, 4.69) is 169 Å². The third-order valence-corrected chi connectivity index (χ3v) is 8.19. The van der Waals surface area contributed by atoms with E-state index >= 15 is 0 Å². The van der Waals surface area contributed by atoms with E-state index in [1.165, 1.54) is 59.9 Å². The maximum absolute atomic E-state index is 2.41. The molecule has 8 aromatic carbocycles. The standard InChI is InChI=1S/C40H27N/c1-2-10-28(11-3-1)30-20-23-34(24-21-30)41(35-25-22-29-12-4-5-14-32(29)26-35)39-27-33-19-18-31-13-6-7-15-36(31)40(33)38-17-9-8-16-37(38)39/h1-27H. The van der Waals surface area contributed by atoms with Gasteiger partial charge in [0.2, 0.25) is 0 Å². The van der Waals surface area contributed by atoms with E-state index in [9.17, 15) is 0 Å². The molecule has 0 saturated carbocycles.